The lowest BCUT2D eigenvalue weighted by molar-refractivity contribution is 0.542. The molecule has 78 valence electrons. The SMILES string of the molecule is CC(CN)CCc1cc(F)ccc1Br. The minimum Gasteiger partial charge on any atom is -0.330 e. The van der Waals surface area contributed by atoms with E-state index in [-0.39, 0.29) is 5.82 Å². The Balaban J connectivity index is 2.62. The standard InChI is InChI=1S/C11H15BrFN/c1-8(7-14)2-3-9-6-10(13)4-5-11(9)12/h4-6,8H,2-3,7,14H2,1H3. The van der Waals surface area contributed by atoms with Crippen molar-refractivity contribution >= 4 is 15.9 Å². The molecule has 1 rings (SSSR count). The molecule has 0 saturated carbocycles. The molecule has 0 aromatic heterocycles. The van der Waals surface area contributed by atoms with E-state index in [1.54, 1.807) is 12.1 Å². The van der Waals surface area contributed by atoms with Crippen molar-refractivity contribution in [3.63, 3.8) is 0 Å². The summed E-state index contributed by atoms with van der Waals surface area (Å²) in [7, 11) is 0. The third-order valence-corrected chi connectivity index (χ3v) is 3.09. The highest BCUT2D eigenvalue weighted by atomic mass is 79.9. The van der Waals surface area contributed by atoms with Gasteiger partial charge in [0.1, 0.15) is 5.82 Å². The highest BCUT2D eigenvalue weighted by molar-refractivity contribution is 9.10. The Bertz CT molecular complexity index is 301. The molecule has 0 bridgehead atoms. The van der Waals surface area contributed by atoms with Gasteiger partial charge in [0.2, 0.25) is 0 Å². The first-order valence-electron chi connectivity index (χ1n) is 4.77. The number of benzene rings is 1. The highest BCUT2D eigenvalue weighted by Crippen LogP contribution is 2.20. The van der Waals surface area contributed by atoms with E-state index in [0.717, 1.165) is 22.9 Å². The van der Waals surface area contributed by atoms with Crippen LogP contribution in [-0.2, 0) is 6.42 Å². The number of nitrogens with two attached hydrogens (primary N) is 1. The Kier molecular flexibility index (Phi) is 4.55. The van der Waals surface area contributed by atoms with Gasteiger partial charge in [-0.25, -0.2) is 4.39 Å². The minimum absolute atomic E-state index is 0.177. The van der Waals surface area contributed by atoms with Gasteiger partial charge in [0, 0.05) is 4.47 Å². The summed E-state index contributed by atoms with van der Waals surface area (Å²) in [6.07, 6.45) is 1.87. The van der Waals surface area contributed by atoms with E-state index < -0.39 is 0 Å². The second-order valence-corrected chi connectivity index (χ2v) is 4.47. The van der Waals surface area contributed by atoms with Crippen LogP contribution in [0, 0.1) is 11.7 Å². The summed E-state index contributed by atoms with van der Waals surface area (Å²) in [5.74, 6) is 0.314. The molecule has 0 heterocycles. The summed E-state index contributed by atoms with van der Waals surface area (Å²) in [5, 5.41) is 0. The van der Waals surface area contributed by atoms with E-state index in [0.29, 0.717) is 12.5 Å². The quantitative estimate of drug-likeness (QED) is 0.884. The Morgan fingerprint density at radius 1 is 1.50 bits per heavy atom. The van der Waals surface area contributed by atoms with E-state index in [2.05, 4.69) is 22.9 Å². The van der Waals surface area contributed by atoms with Crippen LogP contribution in [0.5, 0.6) is 0 Å². The fourth-order valence-corrected chi connectivity index (χ4v) is 1.70. The number of hydrogen-bond donors (Lipinski definition) is 1. The van der Waals surface area contributed by atoms with Crippen molar-refractivity contribution in [2.24, 2.45) is 11.7 Å². The first kappa shape index (κ1) is 11.7. The highest BCUT2D eigenvalue weighted by Gasteiger charge is 2.04. The number of aryl methyl sites for hydroxylation is 1. The normalized spacial score (nSPS) is 12.9. The fourth-order valence-electron chi connectivity index (χ4n) is 1.25. The molecule has 2 N–H and O–H groups in total. The van der Waals surface area contributed by atoms with E-state index in [1.165, 1.54) is 6.07 Å². The average Bonchev–Trinajstić information content (AvgIpc) is 2.19. The van der Waals surface area contributed by atoms with Gasteiger partial charge in [0.15, 0.2) is 0 Å². The summed E-state index contributed by atoms with van der Waals surface area (Å²) in [6.45, 7) is 2.79. The van der Waals surface area contributed by atoms with Crippen molar-refractivity contribution in [3.8, 4) is 0 Å². The van der Waals surface area contributed by atoms with Crippen LogP contribution in [0.1, 0.15) is 18.9 Å². The molecule has 0 amide bonds. The topological polar surface area (TPSA) is 26.0 Å². The molecule has 0 aliphatic carbocycles. The van der Waals surface area contributed by atoms with Gasteiger partial charge in [-0.3, -0.25) is 0 Å². The Hall–Kier alpha value is -0.410. The zero-order chi connectivity index (χ0) is 10.6. The summed E-state index contributed by atoms with van der Waals surface area (Å²) >= 11 is 3.40. The van der Waals surface area contributed by atoms with Crippen LogP contribution in [0.15, 0.2) is 22.7 Å². The molecule has 0 aliphatic heterocycles. The second kappa shape index (κ2) is 5.47. The smallest absolute Gasteiger partial charge is 0.123 e. The number of hydrogen-bond acceptors (Lipinski definition) is 1. The summed E-state index contributed by atoms with van der Waals surface area (Å²) in [4.78, 5) is 0. The molecule has 1 unspecified atom stereocenters. The first-order valence-corrected chi connectivity index (χ1v) is 5.56. The van der Waals surface area contributed by atoms with E-state index in [4.69, 9.17) is 5.73 Å². The maximum absolute atomic E-state index is 12.9. The fraction of sp³-hybridized carbons (Fsp3) is 0.455. The maximum atomic E-state index is 12.9. The lowest BCUT2D eigenvalue weighted by Crippen LogP contribution is -2.11. The van der Waals surface area contributed by atoms with Crippen LogP contribution in [0.4, 0.5) is 4.39 Å². The zero-order valence-electron chi connectivity index (χ0n) is 8.26. The van der Waals surface area contributed by atoms with Gasteiger partial charge in [0.25, 0.3) is 0 Å². The molecule has 1 atom stereocenters. The molecule has 0 radical (unpaired) electrons. The molecular formula is C11H15BrFN. The Morgan fingerprint density at radius 2 is 2.21 bits per heavy atom. The molecule has 0 spiro atoms. The molecule has 3 heteroatoms. The maximum Gasteiger partial charge on any atom is 0.123 e. The molecule has 14 heavy (non-hydrogen) atoms. The summed E-state index contributed by atoms with van der Waals surface area (Å²) in [5.41, 5.74) is 6.54. The molecule has 0 aliphatic rings. The number of rotatable bonds is 4. The predicted octanol–water partition coefficient (Wildman–Crippen LogP) is 3.12. The zero-order valence-corrected chi connectivity index (χ0v) is 9.85. The van der Waals surface area contributed by atoms with E-state index >= 15 is 0 Å². The predicted molar refractivity (Wildman–Crippen MR) is 60.6 cm³/mol. The molecule has 0 saturated heterocycles. The van der Waals surface area contributed by atoms with E-state index in [9.17, 15) is 4.39 Å². The van der Waals surface area contributed by atoms with Gasteiger partial charge in [0.05, 0.1) is 0 Å². The monoisotopic (exact) mass is 259 g/mol. The van der Waals surface area contributed by atoms with Gasteiger partial charge >= 0.3 is 0 Å². The van der Waals surface area contributed by atoms with Crippen molar-refractivity contribution in [2.45, 2.75) is 19.8 Å². The van der Waals surface area contributed by atoms with Gasteiger partial charge in [-0.1, -0.05) is 22.9 Å². The van der Waals surface area contributed by atoms with Crippen molar-refractivity contribution in [3.05, 3.63) is 34.1 Å². The van der Waals surface area contributed by atoms with Crippen LogP contribution in [0.2, 0.25) is 0 Å². The summed E-state index contributed by atoms with van der Waals surface area (Å²) < 4.78 is 13.9. The molecule has 1 nitrogen and oxygen atoms in total. The second-order valence-electron chi connectivity index (χ2n) is 3.62. The van der Waals surface area contributed by atoms with E-state index in [1.807, 2.05) is 0 Å². The van der Waals surface area contributed by atoms with Crippen LogP contribution < -0.4 is 5.73 Å². The average molecular weight is 260 g/mol. The number of halogens is 2. The largest absolute Gasteiger partial charge is 0.330 e. The summed E-state index contributed by atoms with van der Waals surface area (Å²) in [6, 6.07) is 4.78. The van der Waals surface area contributed by atoms with Crippen molar-refractivity contribution in [1.29, 1.82) is 0 Å². The first-order chi connectivity index (χ1) is 6.63. The molecule has 1 aromatic rings. The van der Waals surface area contributed by atoms with Gasteiger partial charge in [-0.15, -0.1) is 0 Å². The molecule has 0 fully saturated rings. The van der Waals surface area contributed by atoms with Gasteiger partial charge in [-0.05, 0) is 49.1 Å². The van der Waals surface area contributed by atoms with Crippen LogP contribution in [0.25, 0.3) is 0 Å². The van der Waals surface area contributed by atoms with Crippen molar-refractivity contribution in [2.75, 3.05) is 6.54 Å². The van der Waals surface area contributed by atoms with Gasteiger partial charge < -0.3 is 5.73 Å². The van der Waals surface area contributed by atoms with Crippen molar-refractivity contribution < 1.29 is 4.39 Å². The Morgan fingerprint density at radius 3 is 2.86 bits per heavy atom. The lowest BCUT2D eigenvalue weighted by atomic mass is 10.0. The third kappa shape index (κ3) is 3.39. The van der Waals surface area contributed by atoms with Gasteiger partial charge in [-0.2, -0.15) is 0 Å². The van der Waals surface area contributed by atoms with Crippen LogP contribution in [0.3, 0.4) is 0 Å². The third-order valence-electron chi connectivity index (χ3n) is 2.32. The Labute approximate surface area is 92.6 Å². The van der Waals surface area contributed by atoms with Crippen LogP contribution >= 0.6 is 15.9 Å². The van der Waals surface area contributed by atoms with Crippen LogP contribution in [-0.4, -0.2) is 6.54 Å². The van der Waals surface area contributed by atoms with Crippen molar-refractivity contribution in [1.82, 2.24) is 0 Å². The minimum atomic E-state index is -0.177. The molecule has 1 aromatic carbocycles. The lowest BCUT2D eigenvalue weighted by Gasteiger charge is -2.09. The molecular weight excluding hydrogens is 245 g/mol.